The van der Waals surface area contributed by atoms with Crippen molar-refractivity contribution in [1.82, 2.24) is 4.57 Å². The number of nitrogens with one attached hydrogen (secondary N) is 1. The van der Waals surface area contributed by atoms with E-state index in [0.29, 0.717) is 0 Å². The van der Waals surface area contributed by atoms with Crippen molar-refractivity contribution < 1.29 is 4.79 Å². The smallest absolute Gasteiger partial charge is 0.151 e. The Kier molecular flexibility index (Phi) is 3.79. The minimum absolute atomic E-state index is 0.740. The molecule has 0 unspecified atom stereocenters. The number of para-hydroxylation sites is 1. The van der Waals surface area contributed by atoms with Crippen LogP contribution in [0.3, 0.4) is 0 Å². The van der Waals surface area contributed by atoms with Gasteiger partial charge in [-0.15, -0.1) is 0 Å². The largest absolute Gasteiger partial charge is 0.356 e. The van der Waals surface area contributed by atoms with Crippen LogP contribution in [0.1, 0.15) is 21.7 Å². The fourth-order valence-electron chi connectivity index (χ4n) is 2.69. The molecule has 3 rings (SSSR count). The zero-order chi connectivity index (χ0) is 15.5. The molecule has 0 bridgehead atoms. The van der Waals surface area contributed by atoms with Crippen molar-refractivity contribution in [2.45, 2.75) is 13.8 Å². The lowest BCUT2D eigenvalue weighted by molar-refractivity contribution is 0.112. The van der Waals surface area contributed by atoms with Crippen LogP contribution < -0.4 is 5.32 Å². The fraction of sp³-hybridized carbons (Fsp3) is 0.105. The van der Waals surface area contributed by atoms with Gasteiger partial charge in [0.1, 0.15) is 0 Å². The van der Waals surface area contributed by atoms with E-state index in [4.69, 9.17) is 0 Å². The molecular weight excluding hydrogens is 272 g/mol. The summed E-state index contributed by atoms with van der Waals surface area (Å²) < 4.78 is 2.09. The van der Waals surface area contributed by atoms with Gasteiger partial charge >= 0.3 is 0 Å². The molecule has 2 aromatic carbocycles. The van der Waals surface area contributed by atoms with Gasteiger partial charge in [-0.2, -0.15) is 0 Å². The van der Waals surface area contributed by atoms with Crippen LogP contribution in [-0.2, 0) is 0 Å². The first-order chi connectivity index (χ1) is 10.7. The summed E-state index contributed by atoms with van der Waals surface area (Å²) >= 11 is 0. The molecule has 0 aliphatic heterocycles. The van der Waals surface area contributed by atoms with Crippen molar-refractivity contribution in [3.63, 3.8) is 0 Å². The molecule has 22 heavy (non-hydrogen) atoms. The average Bonchev–Trinajstić information content (AvgIpc) is 2.83. The molecule has 3 heteroatoms. The summed E-state index contributed by atoms with van der Waals surface area (Å²) in [6, 6.07) is 20.2. The fourth-order valence-corrected chi connectivity index (χ4v) is 2.69. The summed E-state index contributed by atoms with van der Waals surface area (Å²) in [6.45, 7) is 3.98. The van der Waals surface area contributed by atoms with Crippen LogP contribution in [0.2, 0.25) is 0 Å². The number of carbonyl (C=O) groups excluding carboxylic acids is 1. The minimum Gasteiger partial charge on any atom is -0.356 e. The Morgan fingerprint density at radius 2 is 1.55 bits per heavy atom. The van der Waals surface area contributed by atoms with E-state index in [2.05, 4.69) is 22.0 Å². The molecule has 0 aliphatic carbocycles. The molecule has 1 N–H and O–H groups in total. The Hall–Kier alpha value is -2.81. The van der Waals surface area contributed by atoms with Gasteiger partial charge in [0.15, 0.2) is 6.29 Å². The van der Waals surface area contributed by atoms with E-state index in [1.165, 1.54) is 0 Å². The second-order valence-corrected chi connectivity index (χ2v) is 5.32. The maximum Gasteiger partial charge on any atom is 0.151 e. The van der Waals surface area contributed by atoms with Crippen molar-refractivity contribution >= 4 is 17.7 Å². The van der Waals surface area contributed by atoms with E-state index in [9.17, 15) is 4.79 Å². The molecule has 0 amide bonds. The highest BCUT2D eigenvalue weighted by atomic mass is 16.1. The highest BCUT2D eigenvalue weighted by molar-refractivity contribution is 5.77. The van der Waals surface area contributed by atoms with Gasteiger partial charge in [-0.3, -0.25) is 4.79 Å². The van der Waals surface area contributed by atoms with Crippen LogP contribution in [0.15, 0.2) is 60.7 Å². The molecule has 0 saturated heterocycles. The Bertz CT molecular complexity index is 786. The monoisotopic (exact) mass is 290 g/mol. The number of carbonyl (C=O) groups is 1. The molecule has 110 valence electrons. The maximum atomic E-state index is 11.1. The molecule has 0 atom stereocenters. The average molecular weight is 290 g/mol. The summed E-state index contributed by atoms with van der Waals surface area (Å²) in [5.41, 5.74) is 5.92. The van der Waals surface area contributed by atoms with Gasteiger partial charge < -0.3 is 9.88 Å². The lowest BCUT2D eigenvalue weighted by atomic mass is 10.2. The highest BCUT2D eigenvalue weighted by Crippen LogP contribution is 2.22. The van der Waals surface area contributed by atoms with E-state index in [1.54, 1.807) is 0 Å². The third-order valence-electron chi connectivity index (χ3n) is 3.79. The Morgan fingerprint density at radius 1 is 0.909 bits per heavy atom. The third kappa shape index (κ3) is 2.66. The molecule has 0 saturated carbocycles. The molecule has 3 aromatic rings. The van der Waals surface area contributed by atoms with Crippen LogP contribution in [0.4, 0.5) is 11.4 Å². The number of nitrogens with zero attached hydrogens (tertiary/aromatic N) is 1. The van der Waals surface area contributed by atoms with Crippen LogP contribution in [0.25, 0.3) is 5.69 Å². The third-order valence-corrected chi connectivity index (χ3v) is 3.79. The molecule has 0 radical (unpaired) electrons. The molecular formula is C19H18N2O. The summed E-state index contributed by atoms with van der Waals surface area (Å²) in [5.74, 6) is 0. The van der Waals surface area contributed by atoms with Gasteiger partial charge in [0.2, 0.25) is 0 Å². The van der Waals surface area contributed by atoms with Gasteiger partial charge in [0, 0.05) is 34.0 Å². The lowest BCUT2D eigenvalue weighted by Gasteiger charge is -2.11. The lowest BCUT2D eigenvalue weighted by Crippen LogP contribution is -2.00. The SMILES string of the molecule is Cc1cc(C=O)c(C)n1-c1ccc(Nc2ccccc2)cc1. The van der Waals surface area contributed by atoms with Gasteiger partial charge in [0.25, 0.3) is 0 Å². The molecule has 1 heterocycles. The molecule has 0 aliphatic rings. The van der Waals surface area contributed by atoms with Crippen molar-refractivity contribution in [2.75, 3.05) is 5.32 Å². The summed E-state index contributed by atoms with van der Waals surface area (Å²) in [4.78, 5) is 11.1. The number of hydrogen-bond acceptors (Lipinski definition) is 2. The standard InChI is InChI=1S/C19H18N2O/c1-14-12-16(13-22)15(2)21(14)19-10-8-18(9-11-19)20-17-6-4-3-5-7-17/h3-13,20H,1-2H3. The molecule has 3 nitrogen and oxygen atoms in total. The summed E-state index contributed by atoms with van der Waals surface area (Å²) in [7, 11) is 0. The summed E-state index contributed by atoms with van der Waals surface area (Å²) in [6.07, 6.45) is 0.907. The van der Waals surface area contributed by atoms with Gasteiger partial charge in [-0.25, -0.2) is 0 Å². The van der Waals surface area contributed by atoms with Gasteiger partial charge in [-0.1, -0.05) is 18.2 Å². The quantitative estimate of drug-likeness (QED) is 0.710. The second-order valence-electron chi connectivity index (χ2n) is 5.32. The van der Waals surface area contributed by atoms with Crippen LogP contribution >= 0.6 is 0 Å². The topological polar surface area (TPSA) is 34.0 Å². The second kappa shape index (κ2) is 5.90. The Labute approximate surface area is 130 Å². The van der Waals surface area contributed by atoms with Crippen LogP contribution in [0, 0.1) is 13.8 Å². The predicted molar refractivity (Wildman–Crippen MR) is 90.4 cm³/mol. The number of aryl methyl sites for hydroxylation is 1. The van der Waals surface area contributed by atoms with E-state index < -0.39 is 0 Å². The predicted octanol–water partition coefficient (Wildman–Crippen LogP) is 4.65. The molecule has 0 spiro atoms. The van der Waals surface area contributed by atoms with Crippen molar-refractivity contribution in [2.24, 2.45) is 0 Å². The summed E-state index contributed by atoms with van der Waals surface area (Å²) in [5, 5.41) is 3.36. The minimum atomic E-state index is 0.740. The molecule has 0 fully saturated rings. The van der Waals surface area contributed by atoms with E-state index in [0.717, 1.165) is 40.3 Å². The zero-order valence-corrected chi connectivity index (χ0v) is 12.7. The molecule has 1 aromatic heterocycles. The maximum absolute atomic E-state index is 11.1. The van der Waals surface area contributed by atoms with E-state index in [-0.39, 0.29) is 0 Å². The van der Waals surface area contributed by atoms with Crippen LogP contribution in [0.5, 0.6) is 0 Å². The first-order valence-electron chi connectivity index (χ1n) is 7.25. The first kappa shape index (κ1) is 14.1. The van der Waals surface area contributed by atoms with Crippen molar-refractivity contribution in [3.8, 4) is 5.69 Å². The van der Waals surface area contributed by atoms with Crippen molar-refractivity contribution in [1.29, 1.82) is 0 Å². The highest BCUT2D eigenvalue weighted by Gasteiger charge is 2.09. The van der Waals surface area contributed by atoms with Gasteiger partial charge in [0.05, 0.1) is 0 Å². The van der Waals surface area contributed by atoms with Crippen molar-refractivity contribution in [3.05, 3.63) is 77.6 Å². The van der Waals surface area contributed by atoms with Crippen LogP contribution in [-0.4, -0.2) is 10.9 Å². The number of anilines is 2. The zero-order valence-electron chi connectivity index (χ0n) is 12.7. The van der Waals surface area contributed by atoms with Gasteiger partial charge in [-0.05, 0) is 56.3 Å². The Morgan fingerprint density at radius 3 is 2.14 bits per heavy atom. The number of aldehydes is 1. The van der Waals surface area contributed by atoms with E-state index >= 15 is 0 Å². The first-order valence-corrected chi connectivity index (χ1v) is 7.25. The number of hydrogen-bond donors (Lipinski definition) is 1. The normalized spacial score (nSPS) is 10.5. The number of benzene rings is 2. The number of rotatable bonds is 4. The van der Waals surface area contributed by atoms with E-state index in [1.807, 2.05) is 62.4 Å². The Balaban J connectivity index is 1.89. The number of aromatic nitrogens is 1.